The summed E-state index contributed by atoms with van der Waals surface area (Å²) in [6.45, 7) is 1.72. The van der Waals surface area contributed by atoms with E-state index >= 15 is 0 Å². The second kappa shape index (κ2) is 5.95. The molecule has 0 saturated carbocycles. The van der Waals surface area contributed by atoms with Gasteiger partial charge in [-0.2, -0.15) is 5.26 Å². The molecule has 5 nitrogen and oxygen atoms in total. The van der Waals surface area contributed by atoms with Crippen molar-refractivity contribution in [2.24, 2.45) is 0 Å². The lowest BCUT2D eigenvalue weighted by Gasteiger charge is -2.16. The van der Waals surface area contributed by atoms with Gasteiger partial charge in [0.15, 0.2) is 0 Å². The zero-order valence-electron chi connectivity index (χ0n) is 11.4. The molecule has 1 atom stereocenters. The van der Waals surface area contributed by atoms with E-state index in [1.165, 1.54) is 18.2 Å². The number of sulfonamides is 1. The third-order valence-corrected chi connectivity index (χ3v) is 4.61. The molecule has 0 aliphatic heterocycles. The van der Waals surface area contributed by atoms with Crippen molar-refractivity contribution < 1.29 is 8.42 Å². The van der Waals surface area contributed by atoms with E-state index in [0.717, 1.165) is 0 Å². The normalized spacial score (nSPS) is 12.6. The quantitative estimate of drug-likeness (QED) is 0.846. The molecule has 0 bridgehead atoms. The first kappa shape index (κ1) is 15.0. The minimum Gasteiger partial charge on any atom is -0.398 e. The number of anilines is 1. The van der Waals surface area contributed by atoms with Crippen LogP contribution in [0.15, 0.2) is 53.4 Å². The van der Waals surface area contributed by atoms with E-state index in [0.29, 0.717) is 16.8 Å². The van der Waals surface area contributed by atoms with Gasteiger partial charge in [0.25, 0.3) is 0 Å². The first-order valence-electron chi connectivity index (χ1n) is 6.31. The summed E-state index contributed by atoms with van der Waals surface area (Å²) in [5.41, 5.74) is 7.38. The Morgan fingerprint density at radius 3 is 2.57 bits per heavy atom. The Morgan fingerprint density at radius 1 is 1.19 bits per heavy atom. The lowest BCUT2D eigenvalue weighted by atomic mass is 10.1. The van der Waals surface area contributed by atoms with Gasteiger partial charge in [-0.3, -0.25) is 0 Å². The molecule has 0 saturated heterocycles. The Labute approximate surface area is 124 Å². The maximum Gasteiger partial charge on any atom is 0.241 e. The fourth-order valence-corrected chi connectivity index (χ4v) is 3.27. The largest absolute Gasteiger partial charge is 0.398 e. The van der Waals surface area contributed by atoms with Crippen molar-refractivity contribution in [3.8, 4) is 6.07 Å². The number of para-hydroxylation sites is 1. The maximum atomic E-state index is 12.3. The van der Waals surface area contributed by atoms with Crippen LogP contribution in [0.4, 0.5) is 5.69 Å². The molecule has 1 unspecified atom stereocenters. The minimum atomic E-state index is -3.71. The van der Waals surface area contributed by atoms with Crippen LogP contribution in [-0.2, 0) is 10.0 Å². The lowest BCUT2D eigenvalue weighted by Crippen LogP contribution is -2.27. The standard InChI is InChI=1S/C15H15N3O2S/c1-11(14-7-2-3-8-15(14)17)18-21(19,20)13-6-4-5-12(9-13)10-16/h2-9,11,18H,17H2,1H3. The van der Waals surface area contributed by atoms with Gasteiger partial charge in [-0.15, -0.1) is 0 Å². The van der Waals surface area contributed by atoms with Crippen LogP contribution < -0.4 is 10.5 Å². The third-order valence-electron chi connectivity index (χ3n) is 3.07. The molecule has 2 aromatic rings. The molecule has 2 rings (SSSR count). The number of nitriles is 1. The molecule has 0 aromatic heterocycles. The molecule has 0 amide bonds. The molecule has 0 fully saturated rings. The summed E-state index contributed by atoms with van der Waals surface area (Å²) in [6.07, 6.45) is 0. The molecule has 3 N–H and O–H groups in total. The smallest absolute Gasteiger partial charge is 0.241 e. The Bertz CT molecular complexity index is 795. The van der Waals surface area contributed by atoms with Gasteiger partial charge >= 0.3 is 0 Å². The van der Waals surface area contributed by atoms with Crippen LogP contribution in [0.5, 0.6) is 0 Å². The van der Waals surface area contributed by atoms with E-state index in [4.69, 9.17) is 11.0 Å². The fraction of sp³-hybridized carbons (Fsp3) is 0.133. The highest BCUT2D eigenvalue weighted by atomic mass is 32.2. The van der Waals surface area contributed by atoms with Crippen LogP contribution in [0.3, 0.4) is 0 Å². The van der Waals surface area contributed by atoms with Crippen LogP contribution in [0.25, 0.3) is 0 Å². The summed E-state index contributed by atoms with van der Waals surface area (Å²) < 4.78 is 27.2. The fourth-order valence-electron chi connectivity index (χ4n) is 2.00. The molecular weight excluding hydrogens is 286 g/mol. The van der Waals surface area contributed by atoms with E-state index in [1.807, 2.05) is 6.07 Å². The summed E-state index contributed by atoms with van der Waals surface area (Å²) in [7, 11) is -3.71. The van der Waals surface area contributed by atoms with Crippen molar-refractivity contribution in [2.45, 2.75) is 17.9 Å². The molecule has 2 aromatic carbocycles. The summed E-state index contributed by atoms with van der Waals surface area (Å²) >= 11 is 0. The highest BCUT2D eigenvalue weighted by Gasteiger charge is 2.19. The van der Waals surface area contributed by atoms with E-state index in [1.54, 1.807) is 37.3 Å². The number of rotatable bonds is 4. The van der Waals surface area contributed by atoms with Gasteiger partial charge in [0, 0.05) is 11.7 Å². The minimum absolute atomic E-state index is 0.0582. The van der Waals surface area contributed by atoms with Gasteiger partial charge < -0.3 is 5.73 Å². The molecule has 0 aliphatic carbocycles. The van der Waals surface area contributed by atoms with Crippen LogP contribution in [0, 0.1) is 11.3 Å². The molecule has 0 heterocycles. The van der Waals surface area contributed by atoms with Crippen molar-refractivity contribution in [1.82, 2.24) is 4.72 Å². The second-order valence-corrected chi connectivity index (χ2v) is 6.33. The summed E-state index contributed by atoms with van der Waals surface area (Å²) in [5, 5.41) is 8.84. The van der Waals surface area contributed by atoms with Gasteiger partial charge in [0.1, 0.15) is 0 Å². The highest BCUT2D eigenvalue weighted by Crippen LogP contribution is 2.22. The highest BCUT2D eigenvalue weighted by molar-refractivity contribution is 7.89. The van der Waals surface area contributed by atoms with Gasteiger partial charge in [-0.05, 0) is 36.8 Å². The van der Waals surface area contributed by atoms with E-state index in [2.05, 4.69) is 4.72 Å². The van der Waals surface area contributed by atoms with Crippen molar-refractivity contribution in [3.05, 3.63) is 59.7 Å². The average Bonchev–Trinajstić information content (AvgIpc) is 2.47. The number of hydrogen-bond donors (Lipinski definition) is 2. The van der Waals surface area contributed by atoms with E-state index in [-0.39, 0.29) is 4.90 Å². The number of nitrogens with zero attached hydrogens (tertiary/aromatic N) is 1. The summed E-state index contributed by atoms with van der Waals surface area (Å²) in [4.78, 5) is 0.0582. The Balaban J connectivity index is 2.29. The molecule has 108 valence electrons. The lowest BCUT2D eigenvalue weighted by molar-refractivity contribution is 0.567. The number of nitrogens with two attached hydrogens (primary N) is 1. The maximum absolute atomic E-state index is 12.3. The van der Waals surface area contributed by atoms with Gasteiger partial charge in [-0.1, -0.05) is 24.3 Å². The predicted octanol–water partition coefficient (Wildman–Crippen LogP) is 2.18. The number of nitrogens with one attached hydrogen (secondary N) is 1. The Kier molecular flexibility index (Phi) is 4.26. The summed E-state index contributed by atoms with van der Waals surface area (Å²) in [5.74, 6) is 0. The SMILES string of the molecule is CC(NS(=O)(=O)c1cccc(C#N)c1)c1ccccc1N. The number of nitrogen functional groups attached to an aromatic ring is 1. The van der Waals surface area contributed by atoms with Gasteiger partial charge in [0.05, 0.1) is 16.5 Å². The van der Waals surface area contributed by atoms with Crippen molar-refractivity contribution in [1.29, 1.82) is 5.26 Å². The van der Waals surface area contributed by atoms with Crippen LogP contribution >= 0.6 is 0 Å². The van der Waals surface area contributed by atoms with Gasteiger partial charge in [-0.25, -0.2) is 13.1 Å². The van der Waals surface area contributed by atoms with Crippen LogP contribution in [-0.4, -0.2) is 8.42 Å². The first-order valence-corrected chi connectivity index (χ1v) is 7.79. The topological polar surface area (TPSA) is 96.0 Å². The molecule has 0 radical (unpaired) electrons. The second-order valence-electron chi connectivity index (χ2n) is 4.61. The number of hydrogen-bond acceptors (Lipinski definition) is 4. The van der Waals surface area contributed by atoms with Gasteiger partial charge in [0.2, 0.25) is 10.0 Å². The number of benzene rings is 2. The molecule has 0 spiro atoms. The zero-order valence-corrected chi connectivity index (χ0v) is 12.3. The van der Waals surface area contributed by atoms with Crippen molar-refractivity contribution in [3.63, 3.8) is 0 Å². The predicted molar refractivity (Wildman–Crippen MR) is 80.7 cm³/mol. The molecule has 21 heavy (non-hydrogen) atoms. The zero-order chi connectivity index (χ0) is 15.5. The van der Waals surface area contributed by atoms with Crippen LogP contribution in [0.2, 0.25) is 0 Å². The molecular formula is C15H15N3O2S. The van der Waals surface area contributed by atoms with Crippen LogP contribution in [0.1, 0.15) is 24.1 Å². The Morgan fingerprint density at radius 2 is 1.90 bits per heavy atom. The molecule has 0 aliphatic rings. The molecule has 6 heteroatoms. The third kappa shape index (κ3) is 3.40. The van der Waals surface area contributed by atoms with E-state index < -0.39 is 16.1 Å². The monoisotopic (exact) mass is 301 g/mol. The van der Waals surface area contributed by atoms with Crippen molar-refractivity contribution in [2.75, 3.05) is 5.73 Å². The van der Waals surface area contributed by atoms with E-state index in [9.17, 15) is 8.42 Å². The summed E-state index contributed by atoms with van der Waals surface area (Å²) in [6, 6.07) is 14.4. The Hall–Kier alpha value is -2.36. The van der Waals surface area contributed by atoms with Crippen molar-refractivity contribution >= 4 is 15.7 Å². The average molecular weight is 301 g/mol. The first-order chi connectivity index (χ1) is 9.94.